The van der Waals surface area contributed by atoms with E-state index in [1.807, 2.05) is 0 Å². The molecule has 0 saturated heterocycles. The van der Waals surface area contributed by atoms with Crippen LogP contribution in [0.1, 0.15) is 11.5 Å². The molecule has 0 spiro atoms. The zero-order valence-corrected chi connectivity index (χ0v) is 12.2. The topological polar surface area (TPSA) is 67.2 Å². The number of sulfone groups is 1. The van der Waals surface area contributed by atoms with Gasteiger partial charge in [-0.2, -0.15) is 5.26 Å². The number of benzene rings is 1. The lowest BCUT2D eigenvalue weighted by atomic mass is 10.0. The normalized spacial score (nSPS) is 29.8. The summed E-state index contributed by atoms with van der Waals surface area (Å²) in [6.45, 7) is 0.106. The minimum atomic E-state index is -3.31. The molecule has 0 N–H and O–H groups in total. The van der Waals surface area contributed by atoms with Gasteiger partial charge >= 0.3 is 0 Å². The molecule has 19 heavy (non-hydrogen) atoms. The van der Waals surface area contributed by atoms with Gasteiger partial charge < -0.3 is 4.74 Å². The van der Waals surface area contributed by atoms with E-state index in [1.54, 1.807) is 24.3 Å². The number of rotatable bonds is 4. The molecule has 0 aliphatic heterocycles. The maximum absolute atomic E-state index is 11.9. The Bertz CT molecular complexity index is 620. The van der Waals surface area contributed by atoms with Crippen molar-refractivity contribution in [3.05, 3.63) is 34.9 Å². The maximum atomic E-state index is 11.9. The van der Waals surface area contributed by atoms with Gasteiger partial charge in [-0.05, 0) is 17.7 Å². The fourth-order valence-corrected chi connectivity index (χ4v) is 4.73. The fraction of sp³-hybridized carbons (Fsp3) is 0.462. The van der Waals surface area contributed by atoms with Gasteiger partial charge in [-0.3, -0.25) is 0 Å². The molecule has 0 heterocycles. The molecule has 0 radical (unpaired) electrons. The van der Waals surface area contributed by atoms with E-state index in [2.05, 4.69) is 6.07 Å². The zero-order chi connectivity index (χ0) is 14.3. The smallest absolute Gasteiger partial charge is 0.152 e. The van der Waals surface area contributed by atoms with Crippen LogP contribution in [0.3, 0.4) is 0 Å². The molecule has 2 rings (SSSR count). The van der Waals surface area contributed by atoms with Gasteiger partial charge in [-0.25, -0.2) is 8.42 Å². The van der Waals surface area contributed by atoms with Gasteiger partial charge in [0, 0.05) is 24.3 Å². The molecule has 1 aliphatic rings. The summed E-state index contributed by atoms with van der Waals surface area (Å²) in [5.74, 6) is -0.357. The maximum Gasteiger partial charge on any atom is 0.152 e. The predicted octanol–water partition coefficient (Wildman–Crippen LogP) is 2.01. The Morgan fingerprint density at radius 3 is 2.42 bits per heavy atom. The second kappa shape index (κ2) is 4.78. The third-order valence-corrected chi connectivity index (χ3v) is 5.41. The molecule has 1 aliphatic carbocycles. The van der Waals surface area contributed by atoms with Crippen molar-refractivity contribution in [1.82, 2.24) is 0 Å². The van der Waals surface area contributed by atoms with Crippen molar-refractivity contribution in [2.24, 2.45) is 5.41 Å². The number of ether oxygens (including phenoxy) is 1. The zero-order valence-electron chi connectivity index (χ0n) is 10.6. The minimum Gasteiger partial charge on any atom is -0.383 e. The van der Waals surface area contributed by atoms with Gasteiger partial charge in [0.05, 0.1) is 17.9 Å². The second-order valence-electron chi connectivity index (χ2n) is 4.86. The highest BCUT2D eigenvalue weighted by molar-refractivity contribution is 7.91. The molecule has 0 aromatic heterocycles. The van der Waals surface area contributed by atoms with Crippen molar-refractivity contribution in [1.29, 1.82) is 5.26 Å². The Hall–Kier alpha value is -1.09. The summed E-state index contributed by atoms with van der Waals surface area (Å²) in [6, 6.07) is 9.06. The molecule has 0 unspecified atom stereocenters. The van der Waals surface area contributed by atoms with Crippen molar-refractivity contribution in [3.8, 4) is 6.07 Å². The van der Waals surface area contributed by atoms with Crippen LogP contribution in [0.5, 0.6) is 0 Å². The first-order valence-corrected chi connectivity index (χ1v) is 8.04. The molecule has 0 bridgehead atoms. The number of methoxy groups -OCH3 is 1. The second-order valence-corrected chi connectivity index (χ2v) is 7.47. The summed E-state index contributed by atoms with van der Waals surface area (Å²) in [6.07, 6.45) is 1.16. The fourth-order valence-electron chi connectivity index (χ4n) is 2.75. The highest BCUT2D eigenvalue weighted by Gasteiger charge is 2.71. The first-order valence-electron chi connectivity index (χ1n) is 5.71. The minimum absolute atomic E-state index is 0.106. The Kier molecular flexibility index (Phi) is 3.61. The molecular formula is C13H14ClNO3S. The summed E-state index contributed by atoms with van der Waals surface area (Å²) in [4.78, 5) is 0. The molecule has 3 atom stereocenters. The Morgan fingerprint density at radius 2 is 2.00 bits per heavy atom. The average Bonchev–Trinajstić information content (AvgIpc) is 3.00. The summed E-state index contributed by atoms with van der Waals surface area (Å²) >= 11 is 5.82. The lowest BCUT2D eigenvalue weighted by Crippen LogP contribution is -2.17. The molecule has 102 valence electrons. The lowest BCUT2D eigenvalue weighted by molar-refractivity contribution is 0.162. The van der Waals surface area contributed by atoms with Crippen LogP contribution in [0, 0.1) is 16.7 Å². The van der Waals surface area contributed by atoms with Gasteiger partial charge in [0.25, 0.3) is 0 Å². The van der Waals surface area contributed by atoms with E-state index in [0.717, 1.165) is 11.8 Å². The summed E-state index contributed by atoms with van der Waals surface area (Å²) < 4.78 is 28.8. The highest BCUT2D eigenvalue weighted by Crippen LogP contribution is 2.62. The molecule has 0 amide bonds. The standard InChI is InChI=1S/C13H14ClNO3S/c1-18-8-13(7-15)11(12(13)19(2,16)17)9-3-5-10(14)6-4-9/h3-6,11-12H,8H2,1-2H3/t11-,12-,13-/m1/s1. The van der Waals surface area contributed by atoms with E-state index in [1.165, 1.54) is 7.11 Å². The van der Waals surface area contributed by atoms with Crippen LogP contribution in [0.4, 0.5) is 0 Å². The van der Waals surface area contributed by atoms with Crippen LogP contribution in [0.25, 0.3) is 0 Å². The van der Waals surface area contributed by atoms with Gasteiger partial charge in [-0.1, -0.05) is 23.7 Å². The molecule has 4 nitrogen and oxygen atoms in total. The SMILES string of the molecule is COC[C@]1(C#N)[C@H](c2ccc(Cl)cc2)[C@H]1S(C)(=O)=O. The van der Waals surface area contributed by atoms with Crippen LogP contribution in [0.15, 0.2) is 24.3 Å². The van der Waals surface area contributed by atoms with Crippen LogP contribution >= 0.6 is 11.6 Å². The Labute approximate surface area is 117 Å². The molecule has 1 saturated carbocycles. The van der Waals surface area contributed by atoms with Crippen molar-refractivity contribution in [2.75, 3.05) is 20.0 Å². The first kappa shape index (κ1) is 14.3. The number of nitrogens with zero attached hydrogens (tertiary/aromatic N) is 1. The van der Waals surface area contributed by atoms with Gasteiger partial charge in [0.15, 0.2) is 9.84 Å². The van der Waals surface area contributed by atoms with Crippen LogP contribution < -0.4 is 0 Å². The average molecular weight is 300 g/mol. The van der Waals surface area contributed by atoms with E-state index < -0.39 is 20.5 Å². The summed E-state index contributed by atoms with van der Waals surface area (Å²) in [7, 11) is -1.85. The van der Waals surface area contributed by atoms with Gasteiger partial charge in [0.2, 0.25) is 0 Å². The lowest BCUT2D eigenvalue weighted by Gasteiger charge is -2.06. The van der Waals surface area contributed by atoms with E-state index in [0.29, 0.717) is 5.02 Å². The monoisotopic (exact) mass is 299 g/mol. The quantitative estimate of drug-likeness (QED) is 0.853. The van der Waals surface area contributed by atoms with Crippen molar-refractivity contribution in [3.63, 3.8) is 0 Å². The van der Waals surface area contributed by atoms with Crippen LogP contribution in [0.2, 0.25) is 5.02 Å². The van der Waals surface area contributed by atoms with E-state index in [-0.39, 0.29) is 12.5 Å². The van der Waals surface area contributed by atoms with E-state index >= 15 is 0 Å². The Balaban J connectivity index is 2.44. The van der Waals surface area contributed by atoms with Gasteiger partial charge in [0.1, 0.15) is 5.41 Å². The van der Waals surface area contributed by atoms with E-state index in [9.17, 15) is 13.7 Å². The van der Waals surface area contributed by atoms with Crippen LogP contribution in [-0.4, -0.2) is 33.6 Å². The Morgan fingerprint density at radius 1 is 1.42 bits per heavy atom. The molecule has 1 aromatic carbocycles. The van der Waals surface area contributed by atoms with Crippen molar-refractivity contribution >= 4 is 21.4 Å². The molecule has 1 fully saturated rings. The summed E-state index contributed by atoms with van der Waals surface area (Å²) in [5, 5.41) is 9.25. The molecular weight excluding hydrogens is 286 g/mol. The summed E-state index contributed by atoms with van der Waals surface area (Å²) in [5.41, 5.74) is -0.186. The highest BCUT2D eigenvalue weighted by atomic mass is 35.5. The number of hydrogen-bond acceptors (Lipinski definition) is 4. The largest absolute Gasteiger partial charge is 0.383 e. The number of halogens is 1. The van der Waals surface area contributed by atoms with E-state index in [4.69, 9.17) is 16.3 Å². The molecule has 6 heteroatoms. The molecule has 1 aromatic rings. The van der Waals surface area contributed by atoms with Crippen molar-refractivity contribution in [2.45, 2.75) is 11.2 Å². The number of nitriles is 1. The predicted molar refractivity (Wildman–Crippen MR) is 72.7 cm³/mol. The van der Waals surface area contributed by atoms with Crippen molar-refractivity contribution < 1.29 is 13.2 Å². The first-order chi connectivity index (χ1) is 8.86. The van der Waals surface area contributed by atoms with Gasteiger partial charge in [-0.15, -0.1) is 0 Å². The van der Waals surface area contributed by atoms with Crippen LogP contribution in [-0.2, 0) is 14.6 Å². The third kappa shape index (κ3) is 2.36. The third-order valence-electron chi connectivity index (χ3n) is 3.54. The number of hydrogen-bond donors (Lipinski definition) is 0.